The number of hydrogen-bond acceptors (Lipinski definition) is 2. The number of ketones is 1. The second-order valence-corrected chi connectivity index (χ2v) is 5.39. The molecule has 1 heterocycles. The summed E-state index contributed by atoms with van der Waals surface area (Å²) in [7, 11) is 0. The molecule has 0 bridgehead atoms. The summed E-state index contributed by atoms with van der Waals surface area (Å²) in [5.41, 5.74) is 3.08. The van der Waals surface area contributed by atoms with Crippen LogP contribution < -0.4 is 5.56 Å². The molecule has 0 aliphatic heterocycles. The minimum Gasteiger partial charge on any atom is -0.322 e. The van der Waals surface area contributed by atoms with Gasteiger partial charge in [0, 0.05) is 28.5 Å². The molecule has 22 heavy (non-hydrogen) atoms. The Hall–Kier alpha value is -2.68. The Bertz CT molecular complexity index is 879. The smallest absolute Gasteiger partial charge is 0.251 e. The molecule has 0 fully saturated rings. The normalized spacial score (nSPS) is 10.8. The van der Waals surface area contributed by atoms with E-state index in [-0.39, 0.29) is 11.3 Å². The van der Waals surface area contributed by atoms with E-state index in [1.165, 1.54) is 0 Å². The molecule has 0 aliphatic rings. The molecule has 0 saturated carbocycles. The van der Waals surface area contributed by atoms with Crippen LogP contribution in [0.4, 0.5) is 0 Å². The molecule has 0 saturated heterocycles. The summed E-state index contributed by atoms with van der Waals surface area (Å²) in [4.78, 5) is 27.3. The van der Waals surface area contributed by atoms with Gasteiger partial charge in [0.05, 0.1) is 0 Å². The molecule has 2 aromatic carbocycles. The number of carbonyl (C=O) groups excluding carboxylic acids is 1. The first kappa shape index (κ1) is 14.3. The Morgan fingerprint density at radius 3 is 2.45 bits per heavy atom. The Morgan fingerprint density at radius 1 is 1.00 bits per heavy atom. The van der Waals surface area contributed by atoms with Crippen LogP contribution in [0.15, 0.2) is 59.4 Å². The van der Waals surface area contributed by atoms with Gasteiger partial charge in [-0.25, -0.2) is 0 Å². The zero-order chi connectivity index (χ0) is 15.5. The van der Waals surface area contributed by atoms with Gasteiger partial charge in [0.2, 0.25) is 0 Å². The predicted octanol–water partition coefficient (Wildman–Crippen LogP) is 3.65. The van der Waals surface area contributed by atoms with Gasteiger partial charge in [-0.3, -0.25) is 9.59 Å². The summed E-state index contributed by atoms with van der Waals surface area (Å²) in [6.07, 6.45) is 0.798. The van der Waals surface area contributed by atoms with Crippen molar-refractivity contribution in [1.82, 2.24) is 4.98 Å². The summed E-state index contributed by atoms with van der Waals surface area (Å²) < 4.78 is 0. The number of rotatable bonds is 4. The Labute approximate surface area is 128 Å². The van der Waals surface area contributed by atoms with Crippen molar-refractivity contribution in [2.24, 2.45) is 0 Å². The van der Waals surface area contributed by atoms with Crippen molar-refractivity contribution in [3.05, 3.63) is 81.6 Å². The van der Waals surface area contributed by atoms with Gasteiger partial charge >= 0.3 is 0 Å². The lowest BCUT2D eigenvalue weighted by atomic mass is 9.98. The fraction of sp³-hybridized carbons (Fsp3) is 0.158. The molecule has 1 N–H and O–H groups in total. The fourth-order valence-corrected chi connectivity index (χ4v) is 2.76. The lowest BCUT2D eigenvalue weighted by molar-refractivity contribution is 0.0983. The van der Waals surface area contributed by atoms with Crippen LogP contribution >= 0.6 is 0 Å². The van der Waals surface area contributed by atoms with Gasteiger partial charge in [-0.15, -0.1) is 0 Å². The molecular weight excluding hydrogens is 274 g/mol. The van der Waals surface area contributed by atoms with Gasteiger partial charge in [0.1, 0.15) is 0 Å². The lowest BCUT2D eigenvalue weighted by Gasteiger charge is -2.08. The van der Waals surface area contributed by atoms with Crippen molar-refractivity contribution < 1.29 is 4.79 Å². The van der Waals surface area contributed by atoms with Gasteiger partial charge in [0.15, 0.2) is 5.78 Å². The van der Waals surface area contributed by atoms with Gasteiger partial charge in [-0.05, 0) is 25.0 Å². The Kier molecular flexibility index (Phi) is 3.88. The minimum absolute atomic E-state index is 0.0626. The molecule has 0 spiro atoms. The number of aromatic nitrogens is 1. The predicted molar refractivity (Wildman–Crippen MR) is 88.4 cm³/mol. The van der Waals surface area contributed by atoms with E-state index in [1.807, 2.05) is 49.4 Å². The maximum atomic E-state index is 12.2. The number of carbonyl (C=O) groups is 1. The number of aryl methyl sites for hydroxylation is 1. The van der Waals surface area contributed by atoms with Crippen LogP contribution in [0.2, 0.25) is 0 Å². The second kappa shape index (κ2) is 5.98. The summed E-state index contributed by atoms with van der Waals surface area (Å²) in [6.45, 7) is 1.94. The number of fused-ring (bicyclic) bond motifs is 1. The van der Waals surface area contributed by atoms with Crippen LogP contribution in [0.5, 0.6) is 0 Å². The van der Waals surface area contributed by atoms with Crippen LogP contribution in [0.1, 0.15) is 27.9 Å². The van der Waals surface area contributed by atoms with Crippen molar-refractivity contribution in [3.63, 3.8) is 0 Å². The largest absolute Gasteiger partial charge is 0.322 e. The van der Waals surface area contributed by atoms with E-state index in [0.717, 1.165) is 16.5 Å². The average Bonchev–Trinajstić information content (AvgIpc) is 2.55. The lowest BCUT2D eigenvalue weighted by Crippen LogP contribution is -2.16. The number of aromatic amines is 1. The van der Waals surface area contributed by atoms with E-state index in [1.54, 1.807) is 12.1 Å². The third kappa shape index (κ3) is 2.70. The van der Waals surface area contributed by atoms with Crippen molar-refractivity contribution in [2.45, 2.75) is 19.8 Å². The molecule has 0 atom stereocenters. The molecule has 3 rings (SSSR count). The van der Waals surface area contributed by atoms with E-state index in [9.17, 15) is 9.59 Å². The average molecular weight is 291 g/mol. The van der Waals surface area contributed by atoms with E-state index in [2.05, 4.69) is 4.98 Å². The maximum absolute atomic E-state index is 12.2. The van der Waals surface area contributed by atoms with Gasteiger partial charge in [-0.1, -0.05) is 48.5 Å². The number of para-hydroxylation sites is 1. The quantitative estimate of drug-likeness (QED) is 0.746. The molecule has 1 aromatic heterocycles. The topological polar surface area (TPSA) is 49.9 Å². The van der Waals surface area contributed by atoms with Gasteiger partial charge in [-0.2, -0.15) is 0 Å². The van der Waals surface area contributed by atoms with Crippen molar-refractivity contribution in [3.8, 4) is 0 Å². The first-order valence-electron chi connectivity index (χ1n) is 7.35. The standard InChI is InChI=1S/C19H17NO2/c1-13-15-9-5-6-10-17(15)20-19(22)16(13)11-12-18(21)14-7-3-2-4-8-14/h2-10H,11-12H2,1H3,(H,20,22). The van der Waals surface area contributed by atoms with E-state index in [0.29, 0.717) is 24.0 Å². The molecule has 0 unspecified atom stereocenters. The highest BCUT2D eigenvalue weighted by atomic mass is 16.1. The summed E-state index contributed by atoms with van der Waals surface area (Å²) >= 11 is 0. The van der Waals surface area contributed by atoms with Crippen molar-refractivity contribution >= 4 is 16.7 Å². The number of benzene rings is 2. The molecule has 0 amide bonds. The van der Waals surface area contributed by atoms with Crippen LogP contribution in [0.25, 0.3) is 10.9 Å². The van der Waals surface area contributed by atoms with E-state index < -0.39 is 0 Å². The molecule has 3 aromatic rings. The zero-order valence-electron chi connectivity index (χ0n) is 12.4. The molecule has 0 aliphatic carbocycles. The maximum Gasteiger partial charge on any atom is 0.251 e. The summed E-state index contributed by atoms with van der Waals surface area (Å²) in [6, 6.07) is 16.9. The molecule has 3 nitrogen and oxygen atoms in total. The van der Waals surface area contributed by atoms with Crippen LogP contribution in [-0.4, -0.2) is 10.8 Å². The van der Waals surface area contributed by atoms with Crippen LogP contribution in [0.3, 0.4) is 0 Å². The monoisotopic (exact) mass is 291 g/mol. The third-order valence-electron chi connectivity index (χ3n) is 4.00. The van der Waals surface area contributed by atoms with Gasteiger partial charge < -0.3 is 4.98 Å². The number of H-pyrrole nitrogens is 1. The third-order valence-corrected chi connectivity index (χ3v) is 4.00. The molecule has 3 heteroatoms. The Balaban J connectivity index is 1.88. The second-order valence-electron chi connectivity index (χ2n) is 5.39. The first-order chi connectivity index (χ1) is 10.7. The van der Waals surface area contributed by atoms with E-state index >= 15 is 0 Å². The van der Waals surface area contributed by atoms with Crippen molar-refractivity contribution in [2.75, 3.05) is 0 Å². The van der Waals surface area contributed by atoms with E-state index in [4.69, 9.17) is 0 Å². The number of pyridine rings is 1. The highest BCUT2D eigenvalue weighted by Crippen LogP contribution is 2.18. The zero-order valence-corrected chi connectivity index (χ0v) is 12.4. The van der Waals surface area contributed by atoms with Crippen LogP contribution in [-0.2, 0) is 6.42 Å². The molecular formula is C19H17NO2. The van der Waals surface area contributed by atoms with Crippen molar-refractivity contribution in [1.29, 1.82) is 0 Å². The fourth-order valence-electron chi connectivity index (χ4n) is 2.76. The highest BCUT2D eigenvalue weighted by molar-refractivity contribution is 5.96. The van der Waals surface area contributed by atoms with Crippen LogP contribution in [0, 0.1) is 6.92 Å². The SMILES string of the molecule is Cc1c(CCC(=O)c2ccccc2)c(=O)[nH]c2ccccc12. The highest BCUT2D eigenvalue weighted by Gasteiger charge is 2.12. The van der Waals surface area contributed by atoms with Gasteiger partial charge in [0.25, 0.3) is 5.56 Å². The number of nitrogens with one attached hydrogen (secondary N) is 1. The number of Topliss-reactive ketones (excluding diaryl/α,β-unsaturated/α-hetero) is 1. The summed E-state index contributed by atoms with van der Waals surface area (Å²) in [5, 5.41) is 1.03. The number of hydrogen-bond donors (Lipinski definition) is 1. The molecule has 110 valence electrons. The molecule has 0 radical (unpaired) electrons. The Morgan fingerprint density at radius 2 is 1.68 bits per heavy atom. The first-order valence-corrected chi connectivity index (χ1v) is 7.35. The minimum atomic E-state index is -0.0999. The summed E-state index contributed by atoms with van der Waals surface area (Å²) in [5.74, 6) is 0.0626.